The molecule has 2 atom stereocenters. The molecule has 1 aromatic carbocycles. The van der Waals surface area contributed by atoms with Crippen LogP contribution in [0.25, 0.3) is 0 Å². The molecule has 2 saturated heterocycles. The van der Waals surface area contributed by atoms with Crippen LogP contribution in [0.15, 0.2) is 18.2 Å². The molecule has 0 amide bonds. The van der Waals surface area contributed by atoms with E-state index in [9.17, 15) is 17.9 Å². The van der Waals surface area contributed by atoms with Crippen LogP contribution >= 0.6 is 0 Å². The lowest BCUT2D eigenvalue weighted by atomic mass is 9.85. The Morgan fingerprint density at radius 2 is 1.95 bits per heavy atom. The van der Waals surface area contributed by atoms with Gasteiger partial charge in [0.2, 0.25) is 0 Å². The zero-order valence-electron chi connectivity index (χ0n) is 11.9. The van der Waals surface area contributed by atoms with Crippen LogP contribution in [0.4, 0.5) is 4.39 Å². The van der Waals surface area contributed by atoms with Crippen molar-refractivity contribution in [1.82, 2.24) is 0 Å². The van der Waals surface area contributed by atoms with Gasteiger partial charge in [0.15, 0.2) is 9.84 Å². The molecule has 0 radical (unpaired) electrons. The van der Waals surface area contributed by atoms with Crippen LogP contribution in [0.3, 0.4) is 0 Å². The fraction of sp³-hybridized carbons (Fsp3) is 0.600. The van der Waals surface area contributed by atoms with Gasteiger partial charge in [0.25, 0.3) is 0 Å². The first-order chi connectivity index (χ1) is 9.87. The van der Waals surface area contributed by atoms with Gasteiger partial charge in [-0.15, -0.1) is 0 Å². The summed E-state index contributed by atoms with van der Waals surface area (Å²) in [6, 6.07) is 4.05. The average Bonchev–Trinajstić information content (AvgIpc) is 2.61. The Hall–Kier alpha value is -1.14. The van der Waals surface area contributed by atoms with E-state index in [0.717, 1.165) is 0 Å². The Balaban J connectivity index is 2.03. The van der Waals surface area contributed by atoms with Crippen molar-refractivity contribution in [3.8, 4) is 5.75 Å². The summed E-state index contributed by atoms with van der Waals surface area (Å²) in [6.07, 6.45) is 1.40. The molecule has 6 heteroatoms. The zero-order chi connectivity index (χ0) is 15.3. The number of hydrogen-bond donors (Lipinski definition) is 1. The van der Waals surface area contributed by atoms with E-state index in [1.54, 1.807) is 0 Å². The Morgan fingerprint density at radius 1 is 1.33 bits per heavy atom. The highest BCUT2D eigenvalue weighted by Crippen LogP contribution is 2.49. The van der Waals surface area contributed by atoms with E-state index in [1.165, 1.54) is 18.2 Å². The summed E-state index contributed by atoms with van der Waals surface area (Å²) in [5, 5.41) is 9.92. The van der Waals surface area contributed by atoms with Crippen molar-refractivity contribution in [2.75, 3.05) is 6.61 Å². The molecule has 3 rings (SSSR count). The second-order valence-corrected chi connectivity index (χ2v) is 8.44. The van der Waals surface area contributed by atoms with Crippen LogP contribution < -0.4 is 4.74 Å². The summed E-state index contributed by atoms with van der Waals surface area (Å²) in [6.45, 7) is 2.21. The van der Waals surface area contributed by atoms with Gasteiger partial charge in [-0.2, -0.15) is 0 Å². The lowest BCUT2D eigenvalue weighted by Crippen LogP contribution is -2.43. The molecule has 0 spiro atoms. The van der Waals surface area contributed by atoms with Crippen molar-refractivity contribution in [1.29, 1.82) is 0 Å². The molecule has 0 aliphatic carbocycles. The SMILES string of the molecule is CCOc1ccc(F)cc1C1(O)CC2CCC(C1)S2(=O)=O. The Bertz CT molecular complexity index is 636. The third-order valence-corrected chi connectivity index (χ3v) is 7.28. The first-order valence-electron chi connectivity index (χ1n) is 7.25. The van der Waals surface area contributed by atoms with E-state index in [0.29, 0.717) is 30.8 Å². The summed E-state index contributed by atoms with van der Waals surface area (Å²) in [5.41, 5.74) is -0.958. The maximum atomic E-state index is 13.6. The van der Waals surface area contributed by atoms with Gasteiger partial charge >= 0.3 is 0 Å². The number of rotatable bonds is 3. The van der Waals surface area contributed by atoms with Crippen molar-refractivity contribution >= 4 is 9.84 Å². The molecule has 2 heterocycles. The van der Waals surface area contributed by atoms with E-state index < -0.39 is 31.8 Å². The molecule has 116 valence electrons. The minimum absolute atomic E-state index is 0.120. The van der Waals surface area contributed by atoms with Gasteiger partial charge in [-0.3, -0.25) is 0 Å². The van der Waals surface area contributed by atoms with Crippen molar-refractivity contribution in [3.63, 3.8) is 0 Å². The van der Waals surface area contributed by atoms with Gasteiger partial charge in [0, 0.05) is 5.56 Å². The molecule has 2 unspecified atom stereocenters. The van der Waals surface area contributed by atoms with Crippen LogP contribution in [-0.2, 0) is 15.4 Å². The predicted octanol–water partition coefficient (Wildman–Crippen LogP) is 2.15. The van der Waals surface area contributed by atoms with Crippen molar-refractivity contribution < 1.29 is 22.7 Å². The third kappa shape index (κ3) is 2.34. The van der Waals surface area contributed by atoms with E-state index in [2.05, 4.69) is 0 Å². The average molecular weight is 314 g/mol. The number of ether oxygens (including phenoxy) is 1. The molecule has 2 aliphatic rings. The molecule has 4 nitrogen and oxygen atoms in total. The summed E-state index contributed by atoms with van der Waals surface area (Å²) in [7, 11) is -3.14. The fourth-order valence-corrected chi connectivity index (χ4v) is 6.10. The summed E-state index contributed by atoms with van der Waals surface area (Å²) in [5.74, 6) is -0.0252. The van der Waals surface area contributed by atoms with Gasteiger partial charge in [0.1, 0.15) is 11.6 Å². The molecular formula is C15H19FO4S. The van der Waals surface area contributed by atoms with E-state index >= 15 is 0 Å². The Kier molecular flexibility index (Phi) is 3.48. The van der Waals surface area contributed by atoms with Crippen LogP contribution in [0.2, 0.25) is 0 Å². The maximum absolute atomic E-state index is 13.6. The highest BCUT2D eigenvalue weighted by molar-refractivity contribution is 7.93. The van der Waals surface area contributed by atoms with Crippen LogP contribution in [0.1, 0.15) is 38.2 Å². The number of halogens is 1. The number of sulfone groups is 1. The van der Waals surface area contributed by atoms with Crippen LogP contribution in [0, 0.1) is 5.82 Å². The summed E-state index contributed by atoms with van der Waals surface area (Å²) >= 11 is 0. The fourth-order valence-electron chi connectivity index (χ4n) is 3.61. The molecule has 21 heavy (non-hydrogen) atoms. The van der Waals surface area contributed by atoms with Gasteiger partial charge in [-0.25, -0.2) is 12.8 Å². The summed E-state index contributed by atoms with van der Waals surface area (Å²) in [4.78, 5) is 0. The molecule has 2 aliphatic heterocycles. The lowest BCUT2D eigenvalue weighted by molar-refractivity contribution is 0.0144. The highest BCUT2D eigenvalue weighted by Gasteiger charge is 2.53. The molecule has 2 fully saturated rings. The standard InChI is InChI=1S/C15H19FO4S/c1-2-20-14-6-3-10(16)7-13(14)15(17)8-11-4-5-12(9-15)21(11,18)19/h3,6-7,11-12,17H,2,4-5,8-9H2,1H3. The molecule has 1 N–H and O–H groups in total. The smallest absolute Gasteiger partial charge is 0.156 e. The van der Waals surface area contributed by atoms with E-state index in [-0.39, 0.29) is 12.8 Å². The number of hydrogen-bond acceptors (Lipinski definition) is 4. The number of aliphatic hydroxyl groups is 1. The minimum Gasteiger partial charge on any atom is -0.493 e. The van der Waals surface area contributed by atoms with Crippen LogP contribution in [0.5, 0.6) is 5.75 Å². The highest BCUT2D eigenvalue weighted by atomic mass is 32.2. The molecule has 2 bridgehead atoms. The topological polar surface area (TPSA) is 63.6 Å². The Morgan fingerprint density at radius 3 is 2.52 bits per heavy atom. The lowest BCUT2D eigenvalue weighted by Gasteiger charge is -2.37. The monoisotopic (exact) mass is 314 g/mol. The van der Waals surface area contributed by atoms with E-state index in [4.69, 9.17) is 4.74 Å². The van der Waals surface area contributed by atoms with Gasteiger partial charge in [0.05, 0.1) is 22.7 Å². The largest absolute Gasteiger partial charge is 0.493 e. The normalized spacial score (nSPS) is 33.9. The number of fused-ring (bicyclic) bond motifs is 2. The summed E-state index contributed by atoms with van der Waals surface area (Å²) < 4.78 is 43.4. The predicted molar refractivity (Wildman–Crippen MR) is 76.4 cm³/mol. The van der Waals surface area contributed by atoms with Crippen molar-refractivity contribution in [2.45, 2.75) is 48.7 Å². The molecule has 1 aromatic rings. The minimum atomic E-state index is -3.14. The first kappa shape index (κ1) is 14.8. The first-order valence-corrected chi connectivity index (χ1v) is 8.85. The molecule has 0 saturated carbocycles. The third-order valence-electron chi connectivity index (χ3n) is 4.61. The zero-order valence-corrected chi connectivity index (χ0v) is 12.7. The molecular weight excluding hydrogens is 295 g/mol. The maximum Gasteiger partial charge on any atom is 0.156 e. The second kappa shape index (κ2) is 4.95. The number of benzene rings is 1. The van der Waals surface area contributed by atoms with E-state index in [1.807, 2.05) is 6.92 Å². The molecule has 0 aromatic heterocycles. The van der Waals surface area contributed by atoms with Gasteiger partial charge < -0.3 is 9.84 Å². The van der Waals surface area contributed by atoms with Crippen molar-refractivity contribution in [2.24, 2.45) is 0 Å². The second-order valence-electron chi connectivity index (χ2n) is 5.92. The van der Waals surface area contributed by atoms with Crippen LogP contribution in [-0.4, -0.2) is 30.6 Å². The quantitative estimate of drug-likeness (QED) is 0.928. The Labute approximate surface area is 123 Å². The van der Waals surface area contributed by atoms with Gasteiger partial charge in [-0.1, -0.05) is 0 Å². The van der Waals surface area contributed by atoms with Gasteiger partial charge in [-0.05, 0) is 50.8 Å². The van der Waals surface area contributed by atoms with Crippen molar-refractivity contribution in [3.05, 3.63) is 29.6 Å².